The van der Waals surface area contributed by atoms with E-state index in [1.165, 1.54) is 24.9 Å². The first kappa shape index (κ1) is 10.4. The summed E-state index contributed by atoms with van der Waals surface area (Å²) in [6.45, 7) is 5.55. The van der Waals surface area contributed by atoms with E-state index in [1.54, 1.807) is 6.26 Å². The summed E-state index contributed by atoms with van der Waals surface area (Å²) in [4.78, 5) is 2.52. The van der Waals surface area contributed by atoms with Gasteiger partial charge in [0.2, 0.25) is 0 Å². The lowest BCUT2D eigenvalue weighted by Crippen LogP contribution is -2.40. The molecule has 3 heteroatoms. The Morgan fingerprint density at radius 1 is 1.50 bits per heavy atom. The molecule has 3 rings (SSSR count). The van der Waals surface area contributed by atoms with Crippen LogP contribution in [0.25, 0.3) is 0 Å². The minimum Gasteiger partial charge on any atom is -0.472 e. The highest BCUT2D eigenvalue weighted by molar-refractivity contribution is 5.05. The molecule has 0 saturated carbocycles. The summed E-state index contributed by atoms with van der Waals surface area (Å²) < 4.78 is 11.0. The molecule has 2 aliphatic heterocycles. The maximum Gasteiger partial charge on any atom is 0.0947 e. The third-order valence-corrected chi connectivity index (χ3v) is 3.78. The van der Waals surface area contributed by atoms with Gasteiger partial charge in [-0.2, -0.15) is 0 Å². The lowest BCUT2D eigenvalue weighted by atomic mass is 9.93. The first-order valence-corrected chi connectivity index (χ1v) is 6.20. The second-order valence-corrected chi connectivity index (χ2v) is 5.14. The van der Waals surface area contributed by atoms with Crippen molar-refractivity contribution in [3.63, 3.8) is 0 Å². The Morgan fingerprint density at radius 2 is 2.44 bits per heavy atom. The normalized spacial score (nSPS) is 35.2. The summed E-state index contributed by atoms with van der Waals surface area (Å²) in [5.74, 6) is 0.746. The first-order chi connectivity index (χ1) is 7.81. The molecule has 0 N–H and O–H groups in total. The van der Waals surface area contributed by atoms with Crippen LogP contribution in [0.2, 0.25) is 0 Å². The Labute approximate surface area is 96.4 Å². The van der Waals surface area contributed by atoms with Crippen LogP contribution in [0, 0.1) is 5.92 Å². The highest BCUT2D eigenvalue weighted by atomic mass is 16.5. The standard InChI is InChI=1S/C13H19NO2/c1-10-6-12-8-14(4-2-13(12)16-10)7-11-3-5-15-9-11/h3,5,9-10,12-13H,2,4,6-8H2,1H3/t10-,12-,13-/m1/s1. The van der Waals surface area contributed by atoms with E-state index >= 15 is 0 Å². The predicted molar refractivity (Wildman–Crippen MR) is 61.0 cm³/mol. The van der Waals surface area contributed by atoms with Crippen molar-refractivity contribution in [2.75, 3.05) is 13.1 Å². The van der Waals surface area contributed by atoms with Crippen LogP contribution >= 0.6 is 0 Å². The van der Waals surface area contributed by atoms with Gasteiger partial charge >= 0.3 is 0 Å². The molecule has 88 valence electrons. The maximum atomic E-state index is 5.90. The van der Waals surface area contributed by atoms with Gasteiger partial charge in [0.15, 0.2) is 0 Å². The number of nitrogens with zero attached hydrogens (tertiary/aromatic N) is 1. The second kappa shape index (κ2) is 4.22. The molecule has 16 heavy (non-hydrogen) atoms. The predicted octanol–water partition coefficient (Wildman–Crippen LogP) is 2.28. The molecular weight excluding hydrogens is 202 g/mol. The molecule has 3 heterocycles. The Bertz CT molecular complexity index is 336. The van der Waals surface area contributed by atoms with Crippen molar-refractivity contribution in [3.8, 4) is 0 Å². The summed E-state index contributed by atoms with van der Waals surface area (Å²) in [5, 5.41) is 0. The van der Waals surface area contributed by atoms with Crippen LogP contribution in [0.1, 0.15) is 25.3 Å². The van der Waals surface area contributed by atoms with E-state index in [0.717, 1.165) is 19.0 Å². The number of hydrogen-bond donors (Lipinski definition) is 0. The molecule has 1 aromatic heterocycles. The number of rotatable bonds is 2. The molecule has 2 aliphatic rings. The van der Waals surface area contributed by atoms with Gasteiger partial charge in [0, 0.05) is 31.1 Å². The van der Waals surface area contributed by atoms with Crippen LogP contribution in [-0.2, 0) is 11.3 Å². The topological polar surface area (TPSA) is 25.6 Å². The number of piperidine rings is 1. The van der Waals surface area contributed by atoms with Gasteiger partial charge in [-0.15, -0.1) is 0 Å². The molecule has 0 amide bonds. The van der Waals surface area contributed by atoms with Crippen molar-refractivity contribution in [2.45, 2.75) is 38.5 Å². The molecule has 0 bridgehead atoms. The molecule has 1 aromatic rings. The van der Waals surface area contributed by atoms with Crippen molar-refractivity contribution >= 4 is 0 Å². The maximum absolute atomic E-state index is 5.90. The average molecular weight is 221 g/mol. The summed E-state index contributed by atoms with van der Waals surface area (Å²) in [5.41, 5.74) is 1.28. The average Bonchev–Trinajstić information content (AvgIpc) is 2.85. The lowest BCUT2D eigenvalue weighted by Gasteiger charge is -2.33. The smallest absolute Gasteiger partial charge is 0.0947 e. The molecule has 3 nitrogen and oxygen atoms in total. The van der Waals surface area contributed by atoms with E-state index in [-0.39, 0.29) is 0 Å². The van der Waals surface area contributed by atoms with Gasteiger partial charge in [-0.25, -0.2) is 0 Å². The van der Waals surface area contributed by atoms with Crippen molar-refractivity contribution in [2.24, 2.45) is 5.92 Å². The quantitative estimate of drug-likeness (QED) is 0.766. The summed E-state index contributed by atoms with van der Waals surface area (Å²) in [6, 6.07) is 2.06. The summed E-state index contributed by atoms with van der Waals surface area (Å²) in [7, 11) is 0. The highest BCUT2D eigenvalue weighted by Gasteiger charge is 2.37. The Balaban J connectivity index is 1.59. The van der Waals surface area contributed by atoms with E-state index in [2.05, 4.69) is 17.9 Å². The number of fused-ring (bicyclic) bond motifs is 1. The fourth-order valence-corrected chi connectivity index (χ4v) is 3.06. The van der Waals surface area contributed by atoms with Crippen LogP contribution in [0.5, 0.6) is 0 Å². The third-order valence-electron chi connectivity index (χ3n) is 3.78. The molecule has 0 radical (unpaired) electrons. The van der Waals surface area contributed by atoms with E-state index in [9.17, 15) is 0 Å². The molecule has 0 spiro atoms. The van der Waals surface area contributed by atoms with E-state index < -0.39 is 0 Å². The van der Waals surface area contributed by atoms with Crippen molar-refractivity contribution in [1.29, 1.82) is 0 Å². The van der Waals surface area contributed by atoms with Crippen LogP contribution in [0.3, 0.4) is 0 Å². The van der Waals surface area contributed by atoms with E-state index in [1.807, 2.05) is 6.26 Å². The van der Waals surface area contributed by atoms with Crippen molar-refractivity contribution in [1.82, 2.24) is 4.90 Å². The van der Waals surface area contributed by atoms with Crippen LogP contribution < -0.4 is 0 Å². The molecule has 3 atom stereocenters. The number of furan rings is 1. The SMILES string of the molecule is C[C@@H]1C[C@@H]2CN(Cc3ccoc3)CC[C@H]2O1. The van der Waals surface area contributed by atoms with E-state index in [4.69, 9.17) is 9.15 Å². The fourth-order valence-electron chi connectivity index (χ4n) is 3.06. The Kier molecular flexibility index (Phi) is 2.74. The minimum absolute atomic E-state index is 0.462. The zero-order valence-corrected chi connectivity index (χ0v) is 9.76. The van der Waals surface area contributed by atoms with Gasteiger partial charge in [-0.1, -0.05) is 0 Å². The molecular formula is C13H19NO2. The first-order valence-electron chi connectivity index (χ1n) is 6.20. The van der Waals surface area contributed by atoms with Crippen molar-refractivity contribution < 1.29 is 9.15 Å². The van der Waals surface area contributed by atoms with Crippen LogP contribution in [-0.4, -0.2) is 30.2 Å². The van der Waals surface area contributed by atoms with Crippen LogP contribution in [0.4, 0.5) is 0 Å². The number of hydrogen-bond acceptors (Lipinski definition) is 3. The van der Waals surface area contributed by atoms with Crippen molar-refractivity contribution in [3.05, 3.63) is 24.2 Å². The van der Waals surface area contributed by atoms with E-state index in [0.29, 0.717) is 12.2 Å². The summed E-state index contributed by atoms with van der Waals surface area (Å²) >= 11 is 0. The van der Waals surface area contributed by atoms with Gasteiger partial charge in [0.05, 0.1) is 24.7 Å². The van der Waals surface area contributed by atoms with Crippen LogP contribution in [0.15, 0.2) is 23.0 Å². The third kappa shape index (κ3) is 2.02. The zero-order chi connectivity index (χ0) is 11.0. The van der Waals surface area contributed by atoms with Gasteiger partial charge in [0.25, 0.3) is 0 Å². The molecule has 0 unspecified atom stereocenters. The highest BCUT2D eigenvalue weighted by Crippen LogP contribution is 2.32. The lowest BCUT2D eigenvalue weighted by molar-refractivity contribution is 0.00582. The largest absolute Gasteiger partial charge is 0.472 e. The van der Waals surface area contributed by atoms with Gasteiger partial charge < -0.3 is 9.15 Å². The fraction of sp³-hybridized carbons (Fsp3) is 0.692. The van der Waals surface area contributed by atoms with Gasteiger partial charge in [0.1, 0.15) is 0 Å². The molecule has 2 fully saturated rings. The Morgan fingerprint density at radius 3 is 3.25 bits per heavy atom. The van der Waals surface area contributed by atoms with Gasteiger partial charge in [-0.05, 0) is 25.8 Å². The van der Waals surface area contributed by atoms with Gasteiger partial charge in [-0.3, -0.25) is 4.90 Å². The Hall–Kier alpha value is -0.800. The minimum atomic E-state index is 0.462. The molecule has 2 saturated heterocycles. The molecule has 0 aliphatic carbocycles. The number of ether oxygens (including phenoxy) is 1. The number of likely N-dealkylation sites (tertiary alicyclic amines) is 1. The summed E-state index contributed by atoms with van der Waals surface area (Å²) in [6.07, 6.45) is 7.00. The zero-order valence-electron chi connectivity index (χ0n) is 9.76. The monoisotopic (exact) mass is 221 g/mol. The molecule has 0 aromatic carbocycles. The second-order valence-electron chi connectivity index (χ2n) is 5.14.